The number of carboxylic acid groups (broad SMARTS) is 1. The van der Waals surface area contributed by atoms with E-state index in [0.29, 0.717) is 17.7 Å². The standard InChI is InChI=1S/C14H15N3O4/c1-3-11-10(7-17(2)16-11)13(19)15-12-5-4-8(18)6-9(12)14(20)21/h4-7,18H,3H2,1-2H3,(H,15,19)(H,20,21). The topological polar surface area (TPSA) is 104 Å². The molecule has 0 atom stereocenters. The molecule has 0 aliphatic heterocycles. The number of rotatable bonds is 4. The monoisotopic (exact) mass is 289 g/mol. The first kappa shape index (κ1) is 14.6. The molecule has 0 aliphatic carbocycles. The van der Waals surface area contributed by atoms with Gasteiger partial charge in [0.05, 0.1) is 22.5 Å². The summed E-state index contributed by atoms with van der Waals surface area (Å²) < 4.78 is 1.53. The maximum Gasteiger partial charge on any atom is 0.337 e. The third kappa shape index (κ3) is 3.02. The first-order valence-electron chi connectivity index (χ1n) is 6.32. The molecule has 0 bridgehead atoms. The molecule has 2 aromatic rings. The average Bonchev–Trinajstić information content (AvgIpc) is 2.81. The number of nitrogens with zero attached hydrogens (tertiary/aromatic N) is 2. The van der Waals surface area contributed by atoms with Crippen molar-refractivity contribution in [3.8, 4) is 5.75 Å². The summed E-state index contributed by atoms with van der Waals surface area (Å²) in [4.78, 5) is 23.4. The highest BCUT2D eigenvalue weighted by Crippen LogP contribution is 2.22. The molecule has 0 spiro atoms. The van der Waals surface area contributed by atoms with Crippen LogP contribution in [0.25, 0.3) is 0 Å². The maximum atomic E-state index is 12.2. The van der Waals surface area contributed by atoms with Gasteiger partial charge in [-0.05, 0) is 24.6 Å². The number of phenolic OH excluding ortho intramolecular Hbond substituents is 1. The van der Waals surface area contributed by atoms with E-state index in [1.807, 2.05) is 6.92 Å². The van der Waals surface area contributed by atoms with Gasteiger partial charge in [-0.2, -0.15) is 5.10 Å². The largest absolute Gasteiger partial charge is 0.508 e. The fourth-order valence-electron chi connectivity index (χ4n) is 1.99. The Morgan fingerprint density at radius 3 is 2.67 bits per heavy atom. The highest BCUT2D eigenvalue weighted by Gasteiger charge is 2.18. The van der Waals surface area contributed by atoms with E-state index < -0.39 is 11.9 Å². The van der Waals surface area contributed by atoms with Crippen molar-refractivity contribution >= 4 is 17.6 Å². The number of nitrogens with one attached hydrogen (secondary N) is 1. The van der Waals surface area contributed by atoms with E-state index in [2.05, 4.69) is 10.4 Å². The van der Waals surface area contributed by atoms with Crippen LogP contribution in [-0.4, -0.2) is 31.9 Å². The fraction of sp³-hybridized carbons (Fsp3) is 0.214. The Morgan fingerprint density at radius 1 is 1.33 bits per heavy atom. The van der Waals surface area contributed by atoms with Crippen LogP contribution >= 0.6 is 0 Å². The number of amides is 1. The summed E-state index contributed by atoms with van der Waals surface area (Å²) in [5, 5.41) is 25.1. The number of aryl methyl sites for hydroxylation is 2. The van der Waals surface area contributed by atoms with Gasteiger partial charge in [0.25, 0.3) is 5.91 Å². The Kier molecular flexibility index (Phi) is 3.93. The van der Waals surface area contributed by atoms with Crippen LogP contribution in [-0.2, 0) is 13.5 Å². The lowest BCUT2D eigenvalue weighted by Gasteiger charge is -2.08. The highest BCUT2D eigenvalue weighted by atomic mass is 16.4. The predicted molar refractivity (Wildman–Crippen MR) is 75.6 cm³/mol. The number of phenols is 1. The van der Waals surface area contributed by atoms with Gasteiger partial charge in [0.15, 0.2) is 0 Å². The van der Waals surface area contributed by atoms with Crippen molar-refractivity contribution in [2.24, 2.45) is 7.05 Å². The molecule has 3 N–H and O–H groups in total. The summed E-state index contributed by atoms with van der Waals surface area (Å²) in [5.41, 5.74) is 0.969. The molecule has 0 saturated carbocycles. The molecule has 7 heteroatoms. The van der Waals surface area contributed by atoms with Crippen molar-refractivity contribution in [3.63, 3.8) is 0 Å². The molecule has 1 aromatic carbocycles. The molecule has 1 heterocycles. The molecule has 110 valence electrons. The molecule has 1 amide bonds. The van der Waals surface area contributed by atoms with Crippen LogP contribution in [0.3, 0.4) is 0 Å². The minimum absolute atomic E-state index is 0.121. The van der Waals surface area contributed by atoms with Gasteiger partial charge in [-0.1, -0.05) is 6.92 Å². The van der Waals surface area contributed by atoms with Gasteiger partial charge in [-0.25, -0.2) is 4.79 Å². The van der Waals surface area contributed by atoms with Gasteiger partial charge in [0.1, 0.15) is 5.75 Å². The van der Waals surface area contributed by atoms with E-state index in [4.69, 9.17) is 5.11 Å². The van der Waals surface area contributed by atoms with Crippen LogP contribution < -0.4 is 5.32 Å². The Bertz CT molecular complexity index is 706. The van der Waals surface area contributed by atoms with Crippen LogP contribution in [0.1, 0.15) is 33.3 Å². The molecular weight excluding hydrogens is 274 g/mol. The fourth-order valence-corrected chi connectivity index (χ4v) is 1.99. The quantitative estimate of drug-likeness (QED) is 0.742. The summed E-state index contributed by atoms with van der Waals surface area (Å²) in [7, 11) is 1.71. The predicted octanol–water partition coefficient (Wildman–Crippen LogP) is 1.64. The number of carbonyl (C=O) groups excluding carboxylic acids is 1. The number of anilines is 1. The van der Waals surface area contributed by atoms with Crippen molar-refractivity contribution in [1.82, 2.24) is 9.78 Å². The zero-order chi connectivity index (χ0) is 15.6. The molecular formula is C14H15N3O4. The molecule has 0 unspecified atom stereocenters. The minimum Gasteiger partial charge on any atom is -0.508 e. The van der Waals surface area contributed by atoms with Crippen LogP contribution in [0, 0.1) is 0 Å². The Hall–Kier alpha value is -2.83. The number of hydrogen-bond donors (Lipinski definition) is 3. The third-order valence-electron chi connectivity index (χ3n) is 2.97. The second-order valence-electron chi connectivity index (χ2n) is 4.51. The van der Waals surface area contributed by atoms with Crippen molar-refractivity contribution in [1.29, 1.82) is 0 Å². The van der Waals surface area contributed by atoms with E-state index in [1.54, 1.807) is 13.2 Å². The summed E-state index contributed by atoms with van der Waals surface area (Å²) in [5.74, 6) is -1.85. The molecule has 0 radical (unpaired) electrons. The smallest absolute Gasteiger partial charge is 0.337 e. The van der Waals surface area contributed by atoms with Crippen molar-refractivity contribution in [2.75, 3.05) is 5.32 Å². The Balaban J connectivity index is 2.33. The van der Waals surface area contributed by atoms with Crippen LogP contribution in [0.15, 0.2) is 24.4 Å². The van der Waals surface area contributed by atoms with Gasteiger partial charge in [-0.15, -0.1) is 0 Å². The summed E-state index contributed by atoms with van der Waals surface area (Å²) >= 11 is 0. The normalized spacial score (nSPS) is 10.4. The Morgan fingerprint density at radius 2 is 2.05 bits per heavy atom. The second kappa shape index (κ2) is 5.66. The minimum atomic E-state index is -1.23. The summed E-state index contributed by atoms with van der Waals surface area (Å²) in [6, 6.07) is 3.74. The van der Waals surface area contributed by atoms with Crippen molar-refractivity contribution < 1.29 is 19.8 Å². The van der Waals surface area contributed by atoms with E-state index >= 15 is 0 Å². The molecule has 21 heavy (non-hydrogen) atoms. The summed E-state index contributed by atoms with van der Waals surface area (Å²) in [6.45, 7) is 1.88. The lowest BCUT2D eigenvalue weighted by Crippen LogP contribution is -2.15. The SMILES string of the molecule is CCc1nn(C)cc1C(=O)Nc1ccc(O)cc1C(=O)O. The molecule has 0 aliphatic rings. The average molecular weight is 289 g/mol. The number of aromatic carboxylic acids is 1. The van der Waals surface area contributed by atoms with E-state index in [9.17, 15) is 14.7 Å². The lowest BCUT2D eigenvalue weighted by atomic mass is 10.1. The number of carbonyl (C=O) groups is 2. The van der Waals surface area contributed by atoms with Gasteiger partial charge in [0.2, 0.25) is 0 Å². The first-order chi connectivity index (χ1) is 9.92. The van der Waals surface area contributed by atoms with Gasteiger partial charge >= 0.3 is 5.97 Å². The molecule has 0 saturated heterocycles. The molecule has 7 nitrogen and oxygen atoms in total. The lowest BCUT2D eigenvalue weighted by molar-refractivity contribution is 0.0697. The molecule has 1 aromatic heterocycles. The van der Waals surface area contributed by atoms with Crippen LogP contribution in [0.2, 0.25) is 0 Å². The van der Waals surface area contributed by atoms with E-state index in [1.165, 1.54) is 16.8 Å². The number of carboxylic acids is 1. The number of hydrogen-bond acceptors (Lipinski definition) is 4. The van der Waals surface area contributed by atoms with Gasteiger partial charge in [0, 0.05) is 13.2 Å². The van der Waals surface area contributed by atoms with Gasteiger partial charge < -0.3 is 15.5 Å². The highest BCUT2D eigenvalue weighted by molar-refractivity contribution is 6.08. The van der Waals surface area contributed by atoms with E-state index in [-0.39, 0.29) is 17.0 Å². The van der Waals surface area contributed by atoms with Crippen LogP contribution in [0.4, 0.5) is 5.69 Å². The van der Waals surface area contributed by atoms with Crippen molar-refractivity contribution in [3.05, 3.63) is 41.2 Å². The Labute approximate surface area is 120 Å². The maximum absolute atomic E-state index is 12.2. The number of benzene rings is 1. The van der Waals surface area contributed by atoms with Gasteiger partial charge in [-0.3, -0.25) is 9.48 Å². The molecule has 2 rings (SSSR count). The van der Waals surface area contributed by atoms with Crippen LogP contribution in [0.5, 0.6) is 5.75 Å². The number of aromatic nitrogens is 2. The second-order valence-corrected chi connectivity index (χ2v) is 4.51. The zero-order valence-electron chi connectivity index (χ0n) is 11.6. The number of aromatic hydroxyl groups is 1. The van der Waals surface area contributed by atoms with Crippen molar-refractivity contribution in [2.45, 2.75) is 13.3 Å². The molecule has 0 fully saturated rings. The zero-order valence-corrected chi connectivity index (χ0v) is 11.6. The summed E-state index contributed by atoms with van der Waals surface area (Å²) in [6.07, 6.45) is 2.17. The first-order valence-corrected chi connectivity index (χ1v) is 6.32. The third-order valence-corrected chi connectivity index (χ3v) is 2.97. The van der Waals surface area contributed by atoms with E-state index in [0.717, 1.165) is 6.07 Å².